The van der Waals surface area contributed by atoms with Crippen LogP contribution >= 0.6 is 0 Å². The van der Waals surface area contributed by atoms with Crippen LogP contribution < -0.4 is 5.32 Å². The minimum absolute atomic E-state index is 0.0595. The molecule has 1 aromatic carbocycles. The summed E-state index contributed by atoms with van der Waals surface area (Å²) in [7, 11) is 0. The van der Waals surface area contributed by atoms with Crippen LogP contribution in [0.4, 0.5) is 10.5 Å². The predicted octanol–water partition coefficient (Wildman–Crippen LogP) is 2.69. The number of benzene rings is 1. The second-order valence-electron chi connectivity index (χ2n) is 7.09. The van der Waals surface area contributed by atoms with E-state index in [-0.39, 0.29) is 18.0 Å². The Morgan fingerprint density at radius 3 is 2.52 bits per heavy atom. The van der Waals surface area contributed by atoms with Crippen LogP contribution in [0.2, 0.25) is 0 Å². The fourth-order valence-electron chi connectivity index (χ4n) is 3.60. The maximum Gasteiger partial charge on any atom is 0.321 e. The normalized spacial score (nSPS) is 24.1. The van der Waals surface area contributed by atoms with Gasteiger partial charge in [0.1, 0.15) is 0 Å². The van der Waals surface area contributed by atoms with E-state index in [1.807, 2.05) is 4.90 Å². The van der Waals surface area contributed by atoms with E-state index >= 15 is 0 Å². The monoisotopic (exact) mass is 345 g/mol. The van der Waals surface area contributed by atoms with Crippen molar-refractivity contribution in [2.45, 2.75) is 51.2 Å². The summed E-state index contributed by atoms with van der Waals surface area (Å²) in [4.78, 5) is 28.4. The molecule has 0 aliphatic carbocycles. The smallest absolute Gasteiger partial charge is 0.321 e. The molecule has 2 fully saturated rings. The van der Waals surface area contributed by atoms with E-state index in [0.717, 1.165) is 32.2 Å². The summed E-state index contributed by atoms with van der Waals surface area (Å²) in [6.45, 7) is 3.94. The van der Waals surface area contributed by atoms with Crippen LogP contribution in [-0.4, -0.2) is 58.6 Å². The number of piperidine rings is 2. The van der Waals surface area contributed by atoms with Crippen LogP contribution in [0, 0.1) is 0 Å². The Morgan fingerprint density at radius 1 is 1.08 bits per heavy atom. The molecule has 0 saturated carbocycles. The Morgan fingerprint density at radius 2 is 1.84 bits per heavy atom. The molecule has 2 atom stereocenters. The van der Waals surface area contributed by atoms with E-state index in [4.69, 9.17) is 0 Å². The number of carbonyl (C=O) groups is 2. The molecule has 2 N–H and O–H groups in total. The lowest BCUT2D eigenvalue weighted by molar-refractivity contribution is 0.0635. The zero-order chi connectivity index (χ0) is 17.8. The van der Waals surface area contributed by atoms with Gasteiger partial charge in [0, 0.05) is 36.9 Å². The summed E-state index contributed by atoms with van der Waals surface area (Å²) < 4.78 is 0. The fraction of sp³-hybridized carbons (Fsp3) is 0.579. The van der Waals surface area contributed by atoms with Gasteiger partial charge in [-0.1, -0.05) is 0 Å². The Hall–Kier alpha value is -2.08. The average Bonchev–Trinajstić information content (AvgIpc) is 2.62. The number of likely N-dealkylation sites (tertiary alicyclic amines) is 2. The number of aliphatic hydroxyl groups excluding tert-OH is 1. The molecule has 2 saturated heterocycles. The molecule has 136 valence electrons. The molecule has 2 aliphatic heterocycles. The van der Waals surface area contributed by atoms with Gasteiger partial charge in [-0.3, -0.25) is 4.79 Å². The number of rotatable bonds is 2. The molecular weight excluding hydrogens is 318 g/mol. The molecule has 3 amide bonds. The number of nitrogens with one attached hydrogen (secondary N) is 1. The fourth-order valence-corrected chi connectivity index (χ4v) is 3.60. The van der Waals surface area contributed by atoms with Crippen molar-refractivity contribution in [1.29, 1.82) is 0 Å². The zero-order valence-corrected chi connectivity index (χ0v) is 14.8. The van der Waals surface area contributed by atoms with E-state index in [2.05, 4.69) is 12.2 Å². The molecule has 0 radical (unpaired) electrons. The molecular formula is C19H27N3O3. The van der Waals surface area contributed by atoms with Crippen LogP contribution in [-0.2, 0) is 0 Å². The Balaban J connectivity index is 1.60. The highest BCUT2D eigenvalue weighted by molar-refractivity contribution is 5.95. The van der Waals surface area contributed by atoms with E-state index < -0.39 is 6.10 Å². The first kappa shape index (κ1) is 17.7. The number of anilines is 1. The van der Waals surface area contributed by atoms with Gasteiger partial charge in [0.15, 0.2) is 0 Å². The van der Waals surface area contributed by atoms with Gasteiger partial charge in [-0.25, -0.2) is 4.79 Å². The third kappa shape index (κ3) is 4.31. The van der Waals surface area contributed by atoms with Crippen LogP contribution in [0.25, 0.3) is 0 Å². The van der Waals surface area contributed by atoms with Gasteiger partial charge in [0.05, 0.1) is 6.10 Å². The van der Waals surface area contributed by atoms with Gasteiger partial charge >= 0.3 is 6.03 Å². The van der Waals surface area contributed by atoms with Crippen molar-refractivity contribution in [3.05, 3.63) is 29.8 Å². The highest BCUT2D eigenvalue weighted by Gasteiger charge is 2.24. The van der Waals surface area contributed by atoms with E-state index in [0.29, 0.717) is 24.3 Å². The first-order chi connectivity index (χ1) is 12.0. The minimum Gasteiger partial charge on any atom is -0.391 e. The average molecular weight is 345 g/mol. The van der Waals surface area contributed by atoms with Gasteiger partial charge in [-0.15, -0.1) is 0 Å². The SMILES string of the molecule is CC1CCCCN1C(=O)c1ccc(NC(=O)N2CCCC(O)C2)cc1. The number of aliphatic hydroxyl groups is 1. The van der Waals surface area contributed by atoms with Gasteiger partial charge in [0.25, 0.3) is 5.91 Å². The number of hydrogen-bond acceptors (Lipinski definition) is 3. The molecule has 3 rings (SSSR count). The molecule has 6 heteroatoms. The lowest BCUT2D eigenvalue weighted by Crippen LogP contribution is -2.44. The Bertz CT molecular complexity index is 617. The highest BCUT2D eigenvalue weighted by Crippen LogP contribution is 2.20. The number of nitrogens with zero attached hydrogens (tertiary/aromatic N) is 2. The van der Waals surface area contributed by atoms with Crippen LogP contribution in [0.1, 0.15) is 49.4 Å². The Labute approximate surface area is 148 Å². The molecule has 0 spiro atoms. The van der Waals surface area contributed by atoms with Gasteiger partial charge < -0.3 is 20.2 Å². The minimum atomic E-state index is -0.439. The molecule has 6 nitrogen and oxygen atoms in total. The summed E-state index contributed by atoms with van der Waals surface area (Å²) >= 11 is 0. The second kappa shape index (κ2) is 7.87. The van der Waals surface area contributed by atoms with Crippen LogP contribution in [0.5, 0.6) is 0 Å². The third-order valence-electron chi connectivity index (χ3n) is 5.13. The predicted molar refractivity (Wildman–Crippen MR) is 96.6 cm³/mol. The lowest BCUT2D eigenvalue weighted by atomic mass is 10.0. The van der Waals surface area contributed by atoms with E-state index in [1.165, 1.54) is 6.42 Å². The summed E-state index contributed by atoms with van der Waals surface area (Å²) in [5.74, 6) is 0.0595. The van der Waals surface area contributed by atoms with Crippen LogP contribution in [0.3, 0.4) is 0 Å². The van der Waals surface area contributed by atoms with Gasteiger partial charge in [-0.05, 0) is 63.3 Å². The molecule has 0 bridgehead atoms. The topological polar surface area (TPSA) is 72.9 Å². The quantitative estimate of drug-likeness (QED) is 0.865. The van der Waals surface area contributed by atoms with Crippen LogP contribution in [0.15, 0.2) is 24.3 Å². The maximum absolute atomic E-state index is 12.6. The first-order valence-corrected chi connectivity index (χ1v) is 9.19. The van der Waals surface area contributed by atoms with Crippen molar-refractivity contribution >= 4 is 17.6 Å². The lowest BCUT2D eigenvalue weighted by Gasteiger charge is -2.33. The van der Waals surface area contributed by atoms with Crippen molar-refractivity contribution in [2.24, 2.45) is 0 Å². The number of urea groups is 1. The number of amides is 3. The van der Waals surface area contributed by atoms with E-state index in [1.54, 1.807) is 29.2 Å². The van der Waals surface area contributed by atoms with Gasteiger partial charge in [0.2, 0.25) is 0 Å². The molecule has 25 heavy (non-hydrogen) atoms. The zero-order valence-electron chi connectivity index (χ0n) is 14.8. The summed E-state index contributed by atoms with van der Waals surface area (Å²) in [5, 5.41) is 12.5. The van der Waals surface area contributed by atoms with Gasteiger partial charge in [-0.2, -0.15) is 0 Å². The largest absolute Gasteiger partial charge is 0.391 e. The third-order valence-corrected chi connectivity index (χ3v) is 5.13. The summed E-state index contributed by atoms with van der Waals surface area (Å²) in [6.07, 6.45) is 4.42. The van der Waals surface area contributed by atoms with Crippen molar-refractivity contribution in [3.63, 3.8) is 0 Å². The molecule has 0 aromatic heterocycles. The summed E-state index contributed by atoms with van der Waals surface area (Å²) in [5.41, 5.74) is 1.31. The van der Waals surface area contributed by atoms with E-state index in [9.17, 15) is 14.7 Å². The van der Waals surface area contributed by atoms with Crippen molar-refractivity contribution < 1.29 is 14.7 Å². The molecule has 2 unspecified atom stereocenters. The Kier molecular flexibility index (Phi) is 5.58. The first-order valence-electron chi connectivity index (χ1n) is 9.19. The molecule has 1 aromatic rings. The number of hydrogen-bond donors (Lipinski definition) is 2. The van der Waals surface area contributed by atoms with Crippen molar-refractivity contribution in [3.8, 4) is 0 Å². The highest BCUT2D eigenvalue weighted by atomic mass is 16.3. The number of carbonyl (C=O) groups excluding carboxylic acids is 2. The molecule has 2 heterocycles. The summed E-state index contributed by atoms with van der Waals surface area (Å²) in [6, 6.07) is 7.14. The van der Waals surface area contributed by atoms with Crippen molar-refractivity contribution in [1.82, 2.24) is 9.80 Å². The molecule has 2 aliphatic rings. The maximum atomic E-state index is 12.6. The number of β-amino-alcohol motifs (C(OH)–C–C–N with tert-alkyl or cyclic N) is 1. The second-order valence-corrected chi connectivity index (χ2v) is 7.09. The standard InChI is InChI=1S/C19H27N3O3/c1-14-5-2-3-12-22(14)18(24)15-7-9-16(10-8-15)20-19(25)21-11-4-6-17(23)13-21/h7-10,14,17,23H,2-6,11-13H2,1H3,(H,20,25). The van der Waals surface area contributed by atoms with Crippen molar-refractivity contribution in [2.75, 3.05) is 25.0 Å².